The third-order valence-corrected chi connectivity index (χ3v) is 4.97. The van der Waals surface area contributed by atoms with Crippen LogP contribution in [0.4, 0.5) is 45.3 Å². The van der Waals surface area contributed by atoms with Crippen LogP contribution in [0.5, 0.6) is 0 Å². The van der Waals surface area contributed by atoms with Crippen LogP contribution < -0.4 is 15.5 Å². The van der Waals surface area contributed by atoms with Crippen LogP contribution in [0.3, 0.4) is 0 Å². The summed E-state index contributed by atoms with van der Waals surface area (Å²) in [7, 11) is 3.83. The monoisotopic (exact) mass is 461 g/mol. The van der Waals surface area contributed by atoms with E-state index >= 15 is 0 Å². The average Bonchev–Trinajstić information content (AvgIpc) is 3.23. The maximum Gasteiger partial charge on any atom is 0.416 e. The molecule has 1 atom stereocenters. The lowest BCUT2D eigenvalue weighted by Gasteiger charge is -2.36. The zero-order valence-corrected chi connectivity index (χ0v) is 17.5. The van der Waals surface area contributed by atoms with Gasteiger partial charge in [-0.2, -0.15) is 13.2 Å². The molecular formula is C22H19F4N5O2. The van der Waals surface area contributed by atoms with Crippen molar-refractivity contribution in [1.29, 1.82) is 0 Å². The molecule has 2 heterocycles. The Hall–Kier alpha value is -3.86. The number of aliphatic imine (C=N–C) groups is 1. The highest BCUT2D eigenvalue weighted by molar-refractivity contribution is 6.00. The van der Waals surface area contributed by atoms with Crippen LogP contribution in [0.2, 0.25) is 0 Å². The first-order chi connectivity index (χ1) is 15.6. The summed E-state index contributed by atoms with van der Waals surface area (Å²) in [5, 5.41) is 4.58. The van der Waals surface area contributed by atoms with Gasteiger partial charge in [-0.15, -0.1) is 0 Å². The van der Waals surface area contributed by atoms with Crippen molar-refractivity contribution >= 4 is 35.3 Å². The van der Waals surface area contributed by atoms with E-state index in [1.54, 1.807) is 36.9 Å². The van der Waals surface area contributed by atoms with Gasteiger partial charge in [-0.3, -0.25) is 4.90 Å². The first kappa shape index (κ1) is 22.3. The minimum absolute atomic E-state index is 0.165. The molecule has 33 heavy (non-hydrogen) atoms. The number of carbonyl (C=O) groups excluding carboxylic acids is 1. The fraction of sp³-hybridized carbons (Fsp3) is 0.182. The number of urea groups is 1. The Balaban J connectivity index is 1.47. The second-order valence-electron chi connectivity index (χ2n) is 7.49. The summed E-state index contributed by atoms with van der Waals surface area (Å²) in [6.07, 6.45) is -1.61. The Kier molecular flexibility index (Phi) is 5.81. The van der Waals surface area contributed by atoms with Gasteiger partial charge in [-0.1, -0.05) is 0 Å². The third-order valence-electron chi connectivity index (χ3n) is 4.97. The molecule has 1 unspecified atom stereocenters. The van der Waals surface area contributed by atoms with E-state index in [9.17, 15) is 22.4 Å². The molecule has 1 aliphatic heterocycles. The molecular weight excluding hydrogens is 442 g/mol. The number of anilines is 3. The lowest BCUT2D eigenvalue weighted by atomic mass is 10.1. The number of nitrogens with zero attached hydrogens (tertiary/aromatic N) is 3. The van der Waals surface area contributed by atoms with Crippen LogP contribution in [0.1, 0.15) is 17.3 Å². The summed E-state index contributed by atoms with van der Waals surface area (Å²) < 4.78 is 57.8. The molecule has 0 spiro atoms. The first-order valence-electron chi connectivity index (χ1n) is 9.74. The van der Waals surface area contributed by atoms with Gasteiger partial charge in [0.1, 0.15) is 18.3 Å². The quantitative estimate of drug-likeness (QED) is 0.480. The topological polar surface area (TPSA) is 73.1 Å². The molecule has 0 saturated heterocycles. The van der Waals surface area contributed by atoms with Gasteiger partial charge in [0.2, 0.25) is 5.88 Å². The molecule has 0 fully saturated rings. The summed E-state index contributed by atoms with van der Waals surface area (Å²) >= 11 is 0. The second kappa shape index (κ2) is 8.58. The summed E-state index contributed by atoms with van der Waals surface area (Å²) in [4.78, 5) is 20.4. The lowest BCUT2D eigenvalue weighted by Crippen LogP contribution is -2.38. The van der Waals surface area contributed by atoms with Crippen LogP contribution >= 0.6 is 0 Å². The lowest BCUT2D eigenvalue weighted by molar-refractivity contribution is -0.137. The van der Waals surface area contributed by atoms with E-state index in [1.807, 2.05) is 30.0 Å². The van der Waals surface area contributed by atoms with E-state index in [4.69, 9.17) is 4.42 Å². The largest absolute Gasteiger partial charge is 0.446 e. The number of fused-ring (bicyclic) bond motifs is 1. The van der Waals surface area contributed by atoms with Crippen LogP contribution in [-0.2, 0) is 6.18 Å². The Bertz CT molecular complexity index is 1190. The number of amides is 2. The molecule has 11 heteroatoms. The molecule has 2 N–H and O–H groups in total. The molecule has 0 radical (unpaired) electrons. The van der Waals surface area contributed by atoms with Gasteiger partial charge in [0, 0.05) is 11.4 Å². The van der Waals surface area contributed by atoms with Gasteiger partial charge in [0.05, 0.1) is 23.1 Å². The smallest absolute Gasteiger partial charge is 0.416 e. The molecule has 3 aromatic rings. The molecule has 4 rings (SSSR count). The molecule has 0 bridgehead atoms. The number of nitrogens with one attached hydrogen (secondary N) is 2. The maximum absolute atomic E-state index is 13.9. The summed E-state index contributed by atoms with van der Waals surface area (Å²) in [5.41, 5.74) is 0.394. The predicted molar refractivity (Wildman–Crippen MR) is 116 cm³/mol. The number of benzene rings is 2. The molecule has 1 aliphatic rings. The minimum Gasteiger partial charge on any atom is -0.446 e. The van der Waals surface area contributed by atoms with Crippen molar-refractivity contribution < 1.29 is 26.8 Å². The van der Waals surface area contributed by atoms with E-state index in [2.05, 4.69) is 15.6 Å². The average molecular weight is 461 g/mol. The fourth-order valence-corrected chi connectivity index (χ4v) is 3.47. The van der Waals surface area contributed by atoms with Crippen molar-refractivity contribution in [3.05, 3.63) is 71.7 Å². The van der Waals surface area contributed by atoms with Crippen molar-refractivity contribution in [1.82, 2.24) is 4.90 Å². The highest BCUT2D eigenvalue weighted by atomic mass is 19.4. The Morgan fingerprint density at radius 2 is 1.82 bits per heavy atom. The van der Waals surface area contributed by atoms with E-state index in [0.29, 0.717) is 29.8 Å². The highest BCUT2D eigenvalue weighted by Crippen LogP contribution is 2.38. The van der Waals surface area contributed by atoms with E-state index < -0.39 is 29.3 Å². The predicted octanol–water partition coefficient (Wildman–Crippen LogP) is 5.82. The maximum atomic E-state index is 13.9. The second-order valence-corrected chi connectivity index (χ2v) is 7.49. The molecule has 7 nitrogen and oxygen atoms in total. The van der Waals surface area contributed by atoms with E-state index in [-0.39, 0.29) is 6.17 Å². The Morgan fingerprint density at radius 3 is 2.48 bits per heavy atom. The number of furan rings is 1. The Labute approximate surface area is 186 Å². The van der Waals surface area contributed by atoms with Crippen LogP contribution in [0.15, 0.2) is 64.2 Å². The normalized spacial score (nSPS) is 15.5. The number of alkyl halides is 3. The number of hydrogen-bond acceptors (Lipinski definition) is 5. The highest BCUT2D eigenvalue weighted by Gasteiger charge is 2.31. The van der Waals surface area contributed by atoms with Crippen molar-refractivity contribution in [3.63, 3.8) is 0 Å². The van der Waals surface area contributed by atoms with E-state index in [0.717, 1.165) is 11.3 Å². The van der Waals surface area contributed by atoms with Gasteiger partial charge < -0.3 is 20.0 Å². The molecule has 172 valence electrons. The van der Waals surface area contributed by atoms with Gasteiger partial charge in [-0.25, -0.2) is 14.2 Å². The van der Waals surface area contributed by atoms with Gasteiger partial charge in [-0.05, 0) is 62.6 Å². The zero-order chi connectivity index (χ0) is 23.8. The summed E-state index contributed by atoms with van der Waals surface area (Å²) in [5.74, 6) is -0.451. The molecule has 2 amide bonds. The molecule has 0 aliphatic carbocycles. The standard InChI is InChI=1S/C22H19F4N5O2/c1-30(2)20-16-9-10-33-19(16)27-12-31(20)15-6-4-14(5-7-15)28-21(32)29-18-11-13(22(24,25)26)3-8-17(18)23/h3-12,20H,1-2H3,(H2,28,29,32). The van der Waals surface area contributed by atoms with Gasteiger partial charge in [0.15, 0.2) is 0 Å². The number of hydrogen-bond donors (Lipinski definition) is 2. The summed E-state index contributed by atoms with van der Waals surface area (Å²) in [6.45, 7) is 0. The van der Waals surface area contributed by atoms with Crippen molar-refractivity contribution in [2.75, 3.05) is 29.6 Å². The van der Waals surface area contributed by atoms with Crippen LogP contribution in [-0.4, -0.2) is 31.4 Å². The molecule has 2 aromatic carbocycles. The number of halogens is 4. The molecule has 0 saturated carbocycles. The van der Waals surface area contributed by atoms with Crippen molar-refractivity contribution in [2.24, 2.45) is 4.99 Å². The number of carbonyl (C=O) groups is 1. The van der Waals surface area contributed by atoms with Crippen molar-refractivity contribution in [3.8, 4) is 0 Å². The van der Waals surface area contributed by atoms with Gasteiger partial charge in [0.25, 0.3) is 0 Å². The first-order valence-corrected chi connectivity index (χ1v) is 9.74. The molecule has 1 aromatic heterocycles. The van der Waals surface area contributed by atoms with Crippen LogP contribution in [0, 0.1) is 5.82 Å². The SMILES string of the molecule is CN(C)C1c2ccoc2N=CN1c1ccc(NC(=O)Nc2cc(C(F)(F)F)ccc2F)cc1. The fourth-order valence-electron chi connectivity index (χ4n) is 3.47. The third kappa shape index (κ3) is 4.67. The van der Waals surface area contributed by atoms with Gasteiger partial charge >= 0.3 is 12.2 Å². The minimum atomic E-state index is -4.66. The van der Waals surface area contributed by atoms with Crippen LogP contribution in [0.25, 0.3) is 0 Å². The Morgan fingerprint density at radius 1 is 1.09 bits per heavy atom. The zero-order valence-electron chi connectivity index (χ0n) is 17.5. The van der Waals surface area contributed by atoms with E-state index in [1.165, 1.54) is 0 Å². The van der Waals surface area contributed by atoms with Crippen molar-refractivity contribution in [2.45, 2.75) is 12.3 Å². The number of rotatable bonds is 4. The summed E-state index contributed by atoms with van der Waals surface area (Å²) in [6, 6.07) is 9.48.